The number of aliphatic imine (C=N–C) groups is 1. The molecule has 3 heterocycles. The lowest BCUT2D eigenvalue weighted by Gasteiger charge is -2.39. The van der Waals surface area contributed by atoms with Crippen molar-refractivity contribution >= 4 is 11.5 Å². The van der Waals surface area contributed by atoms with Gasteiger partial charge in [-0.05, 0) is 63.2 Å². The third-order valence-corrected chi connectivity index (χ3v) is 10.3. The molecule has 0 saturated heterocycles. The summed E-state index contributed by atoms with van der Waals surface area (Å²) in [5.74, 6) is 3.27. The van der Waals surface area contributed by atoms with Gasteiger partial charge >= 0.3 is 0 Å². The number of rotatable bonds is 4. The van der Waals surface area contributed by atoms with Crippen LogP contribution < -0.4 is 10.1 Å². The van der Waals surface area contributed by atoms with Crippen LogP contribution in [0, 0.1) is 0 Å². The van der Waals surface area contributed by atoms with E-state index in [1.165, 1.54) is 33.4 Å². The number of nitrogens with one attached hydrogen (secondary N) is 1. The summed E-state index contributed by atoms with van der Waals surface area (Å²) in [4.78, 5) is 5.07. The van der Waals surface area contributed by atoms with Gasteiger partial charge in [0.05, 0.1) is 17.2 Å². The maximum absolute atomic E-state index is 6.75. The van der Waals surface area contributed by atoms with Gasteiger partial charge in [-0.25, -0.2) is 4.99 Å². The second-order valence-electron chi connectivity index (χ2n) is 13.0. The lowest BCUT2D eigenvalue weighted by Crippen LogP contribution is -2.32. The average molecular weight is 633 g/mol. The molecule has 1 aliphatic carbocycles. The molecule has 1 spiro atoms. The van der Waals surface area contributed by atoms with Crippen LogP contribution in [0.2, 0.25) is 0 Å². The van der Waals surface area contributed by atoms with E-state index in [2.05, 4.69) is 157 Å². The highest BCUT2D eigenvalue weighted by molar-refractivity contribution is 6.02. The summed E-state index contributed by atoms with van der Waals surface area (Å²) in [5.41, 5.74) is 11.2. The van der Waals surface area contributed by atoms with Crippen LogP contribution in [0.4, 0.5) is 0 Å². The van der Waals surface area contributed by atoms with Crippen LogP contribution in [0.3, 0.4) is 0 Å². The maximum Gasteiger partial charge on any atom is 0.169 e. The molecule has 234 valence electrons. The highest BCUT2D eigenvalue weighted by Gasteiger charge is 2.51. The Morgan fingerprint density at radius 3 is 1.98 bits per heavy atom. The average Bonchev–Trinajstić information content (AvgIpc) is 3.78. The van der Waals surface area contributed by atoms with Crippen LogP contribution in [0.15, 0.2) is 175 Å². The van der Waals surface area contributed by atoms with Crippen molar-refractivity contribution < 1.29 is 9.47 Å². The summed E-state index contributed by atoms with van der Waals surface area (Å²) < 4.78 is 13.5. The highest BCUT2D eigenvalue weighted by Crippen LogP contribution is 2.62. The first-order valence-electron chi connectivity index (χ1n) is 16.9. The van der Waals surface area contributed by atoms with E-state index in [9.17, 15) is 0 Å². The zero-order valence-corrected chi connectivity index (χ0v) is 26.7. The van der Waals surface area contributed by atoms with Gasteiger partial charge < -0.3 is 14.8 Å². The molecule has 0 radical (unpaired) electrons. The molecule has 0 aromatic heterocycles. The van der Waals surface area contributed by atoms with E-state index >= 15 is 0 Å². The van der Waals surface area contributed by atoms with E-state index in [1.807, 2.05) is 12.1 Å². The van der Waals surface area contributed by atoms with Crippen molar-refractivity contribution in [3.05, 3.63) is 209 Å². The zero-order valence-electron chi connectivity index (χ0n) is 26.7. The van der Waals surface area contributed by atoms with E-state index < -0.39 is 5.41 Å². The molecule has 4 aliphatic rings. The van der Waals surface area contributed by atoms with Crippen LogP contribution in [-0.2, 0) is 10.2 Å². The molecule has 6 aromatic rings. The monoisotopic (exact) mass is 632 g/mol. The van der Waals surface area contributed by atoms with E-state index in [-0.39, 0.29) is 12.1 Å². The van der Waals surface area contributed by atoms with Gasteiger partial charge in [0.2, 0.25) is 0 Å². The molecule has 3 aliphatic heterocycles. The Morgan fingerprint density at radius 1 is 0.592 bits per heavy atom. The first kappa shape index (κ1) is 27.9. The van der Waals surface area contributed by atoms with E-state index in [4.69, 9.17) is 14.5 Å². The number of ether oxygens (including phenoxy) is 2. The van der Waals surface area contributed by atoms with Crippen LogP contribution in [0.25, 0.3) is 16.8 Å². The minimum Gasteiger partial charge on any atom is -0.482 e. The Hall–Kier alpha value is -6.13. The zero-order chi connectivity index (χ0) is 32.4. The van der Waals surface area contributed by atoms with Crippen LogP contribution in [-0.4, -0.2) is 5.84 Å². The summed E-state index contributed by atoms with van der Waals surface area (Å²) in [7, 11) is 0. The topological polar surface area (TPSA) is 42.9 Å². The van der Waals surface area contributed by atoms with Gasteiger partial charge in [0.15, 0.2) is 11.6 Å². The molecule has 4 heteroatoms. The lowest BCUT2D eigenvalue weighted by molar-refractivity contribution is 0.158. The number of amidine groups is 1. The second kappa shape index (κ2) is 11.0. The predicted molar refractivity (Wildman–Crippen MR) is 195 cm³/mol. The molecular weight excluding hydrogens is 601 g/mol. The lowest BCUT2D eigenvalue weighted by atomic mass is 9.66. The standard InChI is InChI=1S/C45H32N2O2/c1-3-13-29(14-4-1)38-28-39(30-15-5-2-6-16-30)47-44(46-38)42-26-25-40(48-42)31-23-24-37-43(27-31)49-41-22-12-11-21-36(41)45(37)34-19-9-7-17-32(34)33-18-8-10-20-35(33)45/h1-24,26-28,38,40H,25H2,(H,46,47). The molecule has 49 heavy (non-hydrogen) atoms. The molecule has 10 rings (SSSR count). The van der Waals surface area contributed by atoms with Crippen molar-refractivity contribution in [1.82, 2.24) is 5.32 Å². The first-order chi connectivity index (χ1) is 24.3. The fraction of sp³-hybridized carbons (Fsp3) is 0.0889. The Bertz CT molecular complexity index is 2310. The quantitative estimate of drug-likeness (QED) is 0.210. The summed E-state index contributed by atoms with van der Waals surface area (Å²) in [6, 6.07) is 53.6. The van der Waals surface area contributed by atoms with Crippen LogP contribution in [0.5, 0.6) is 11.5 Å². The van der Waals surface area contributed by atoms with Crippen LogP contribution >= 0.6 is 0 Å². The number of benzene rings is 6. The van der Waals surface area contributed by atoms with Crippen molar-refractivity contribution in [3.8, 4) is 22.6 Å². The summed E-state index contributed by atoms with van der Waals surface area (Å²) >= 11 is 0. The Morgan fingerprint density at radius 2 is 1.22 bits per heavy atom. The molecule has 0 fully saturated rings. The largest absolute Gasteiger partial charge is 0.482 e. The SMILES string of the molecule is C1=C(C2=NC(c3ccccc3)=CC(c3ccccc3)N2)OC(c2ccc3c(c2)Oc2ccccc2C32c3ccccc3-c3ccccc32)C1. The van der Waals surface area contributed by atoms with Gasteiger partial charge in [-0.2, -0.15) is 0 Å². The molecule has 0 amide bonds. The fourth-order valence-corrected chi connectivity index (χ4v) is 8.17. The maximum atomic E-state index is 6.75. The van der Waals surface area contributed by atoms with E-state index in [1.54, 1.807) is 0 Å². The molecule has 4 nitrogen and oxygen atoms in total. The summed E-state index contributed by atoms with van der Waals surface area (Å²) in [6.45, 7) is 0. The molecule has 2 atom stereocenters. The fourth-order valence-electron chi connectivity index (χ4n) is 8.17. The molecule has 1 N–H and O–H groups in total. The highest BCUT2D eigenvalue weighted by atomic mass is 16.5. The minimum absolute atomic E-state index is 0.0296. The number of hydrogen-bond donors (Lipinski definition) is 1. The molecule has 2 unspecified atom stereocenters. The van der Waals surface area contributed by atoms with E-state index in [0.717, 1.165) is 51.9 Å². The Kier molecular flexibility index (Phi) is 6.25. The van der Waals surface area contributed by atoms with Gasteiger partial charge in [-0.1, -0.05) is 140 Å². The van der Waals surface area contributed by atoms with Gasteiger partial charge in [0.1, 0.15) is 17.6 Å². The molecule has 0 bridgehead atoms. The van der Waals surface area contributed by atoms with Gasteiger partial charge in [0, 0.05) is 17.5 Å². The summed E-state index contributed by atoms with van der Waals surface area (Å²) in [5, 5.41) is 3.65. The van der Waals surface area contributed by atoms with Crippen molar-refractivity contribution in [2.45, 2.75) is 24.0 Å². The number of para-hydroxylation sites is 1. The van der Waals surface area contributed by atoms with Crippen molar-refractivity contribution in [2.24, 2.45) is 4.99 Å². The van der Waals surface area contributed by atoms with Crippen molar-refractivity contribution in [2.75, 3.05) is 0 Å². The van der Waals surface area contributed by atoms with E-state index in [0.29, 0.717) is 0 Å². The van der Waals surface area contributed by atoms with Crippen LogP contribution in [0.1, 0.15) is 57.5 Å². The third-order valence-electron chi connectivity index (χ3n) is 10.3. The third kappa shape index (κ3) is 4.27. The number of fused-ring (bicyclic) bond motifs is 9. The summed E-state index contributed by atoms with van der Waals surface area (Å²) in [6.07, 6.45) is 4.93. The minimum atomic E-state index is -0.469. The number of hydrogen-bond acceptors (Lipinski definition) is 4. The van der Waals surface area contributed by atoms with Gasteiger partial charge in [-0.15, -0.1) is 0 Å². The van der Waals surface area contributed by atoms with Gasteiger partial charge in [-0.3, -0.25) is 0 Å². The Balaban J connectivity index is 1.02. The Labute approximate surface area is 285 Å². The molecular formula is C45H32N2O2. The van der Waals surface area contributed by atoms with Crippen molar-refractivity contribution in [3.63, 3.8) is 0 Å². The van der Waals surface area contributed by atoms with Crippen molar-refractivity contribution in [1.29, 1.82) is 0 Å². The number of nitrogens with zero attached hydrogens (tertiary/aromatic N) is 1. The normalized spacial score (nSPS) is 19.1. The molecule has 6 aromatic carbocycles. The van der Waals surface area contributed by atoms with Gasteiger partial charge in [0.25, 0.3) is 0 Å². The molecule has 0 saturated carbocycles. The smallest absolute Gasteiger partial charge is 0.169 e. The first-order valence-corrected chi connectivity index (χ1v) is 16.9. The second-order valence-corrected chi connectivity index (χ2v) is 13.0. The predicted octanol–water partition coefficient (Wildman–Crippen LogP) is 10.3.